The summed E-state index contributed by atoms with van der Waals surface area (Å²) >= 11 is 3.90. The molecule has 2 N–H and O–H groups in total. The Bertz CT molecular complexity index is 557. The van der Waals surface area contributed by atoms with Crippen molar-refractivity contribution in [1.29, 1.82) is 0 Å². The molecule has 2 aliphatic rings. The fourth-order valence-electron chi connectivity index (χ4n) is 3.69. The number of guanidine groups is 1. The molecule has 3 unspecified atom stereocenters. The van der Waals surface area contributed by atoms with Gasteiger partial charge < -0.3 is 10.6 Å². The fourth-order valence-corrected chi connectivity index (χ4v) is 5.38. The Hall–Kier alpha value is -0.720. The van der Waals surface area contributed by atoms with Gasteiger partial charge in [0.1, 0.15) is 0 Å². The number of hydrogen-bond acceptors (Lipinski definition) is 4. The number of aliphatic imine (C=N–C) groups is 1. The number of nitrogens with one attached hydrogen (secondary N) is 2. The Morgan fingerprint density at radius 1 is 1.50 bits per heavy atom. The molecule has 1 aliphatic carbocycles. The molecule has 0 radical (unpaired) electrons. The lowest BCUT2D eigenvalue weighted by Crippen LogP contribution is -2.48. The van der Waals surface area contributed by atoms with Crippen molar-refractivity contribution in [1.82, 2.24) is 15.5 Å². The molecule has 3 rings (SSSR count). The Morgan fingerprint density at radius 3 is 3.12 bits per heavy atom. The van der Waals surface area contributed by atoms with Crippen LogP contribution >= 0.6 is 23.1 Å². The van der Waals surface area contributed by atoms with Gasteiger partial charge in [0.25, 0.3) is 0 Å². The highest BCUT2D eigenvalue weighted by Gasteiger charge is 2.25. The first kappa shape index (κ1) is 18.1. The van der Waals surface area contributed by atoms with Gasteiger partial charge in [0.15, 0.2) is 5.96 Å². The number of fused-ring (bicyclic) bond motifs is 1. The van der Waals surface area contributed by atoms with Crippen molar-refractivity contribution in [2.75, 3.05) is 26.4 Å². The summed E-state index contributed by atoms with van der Waals surface area (Å²) in [4.78, 5) is 8.57. The Balaban J connectivity index is 1.44. The van der Waals surface area contributed by atoms with Crippen molar-refractivity contribution in [3.63, 3.8) is 0 Å². The van der Waals surface area contributed by atoms with Crippen LogP contribution in [0.25, 0.3) is 0 Å². The topological polar surface area (TPSA) is 39.7 Å². The summed E-state index contributed by atoms with van der Waals surface area (Å²) in [6.45, 7) is 5.51. The smallest absolute Gasteiger partial charge is 0.191 e. The quantitative estimate of drug-likeness (QED) is 0.621. The molecular weight excluding hydrogens is 336 g/mol. The minimum absolute atomic E-state index is 0.513. The van der Waals surface area contributed by atoms with E-state index in [0.29, 0.717) is 12.1 Å². The SMILES string of the molecule is CN=C(NCC(C)N1CCc2sccc2C1)NC1CCC(SC)C1. The number of thioether (sulfide) groups is 1. The van der Waals surface area contributed by atoms with Gasteiger partial charge in [0, 0.05) is 48.9 Å². The summed E-state index contributed by atoms with van der Waals surface area (Å²) in [5.74, 6) is 0.960. The molecule has 2 heterocycles. The van der Waals surface area contributed by atoms with Crippen molar-refractivity contribution in [2.45, 2.75) is 56.5 Å². The van der Waals surface area contributed by atoms with Crippen LogP contribution in [0.4, 0.5) is 0 Å². The van der Waals surface area contributed by atoms with E-state index in [2.05, 4.69) is 45.2 Å². The Labute approximate surface area is 154 Å². The molecule has 6 heteroatoms. The Morgan fingerprint density at radius 2 is 2.38 bits per heavy atom. The molecule has 1 saturated carbocycles. The highest BCUT2D eigenvalue weighted by molar-refractivity contribution is 7.99. The number of thiophene rings is 1. The summed E-state index contributed by atoms with van der Waals surface area (Å²) in [6, 6.07) is 3.38. The van der Waals surface area contributed by atoms with E-state index in [4.69, 9.17) is 0 Å². The molecule has 1 fully saturated rings. The second kappa shape index (κ2) is 8.59. The maximum atomic E-state index is 4.42. The molecule has 0 aromatic carbocycles. The molecule has 134 valence electrons. The molecular formula is C18H30N4S2. The molecule has 24 heavy (non-hydrogen) atoms. The summed E-state index contributed by atoms with van der Waals surface area (Å²) in [7, 11) is 1.87. The van der Waals surface area contributed by atoms with Crippen LogP contribution in [0.5, 0.6) is 0 Å². The molecule has 1 aromatic heterocycles. The van der Waals surface area contributed by atoms with Crippen LogP contribution < -0.4 is 10.6 Å². The number of hydrogen-bond donors (Lipinski definition) is 2. The van der Waals surface area contributed by atoms with Gasteiger partial charge in [-0.1, -0.05) is 0 Å². The van der Waals surface area contributed by atoms with Crippen molar-refractivity contribution in [3.8, 4) is 0 Å². The van der Waals surface area contributed by atoms with E-state index in [-0.39, 0.29) is 0 Å². The van der Waals surface area contributed by atoms with Crippen LogP contribution in [0.3, 0.4) is 0 Å². The average Bonchev–Trinajstić information content (AvgIpc) is 3.26. The lowest BCUT2D eigenvalue weighted by atomic mass is 10.1. The average molecular weight is 367 g/mol. The summed E-state index contributed by atoms with van der Waals surface area (Å²) < 4.78 is 0. The van der Waals surface area contributed by atoms with Gasteiger partial charge in [-0.05, 0) is 55.9 Å². The van der Waals surface area contributed by atoms with Gasteiger partial charge in [-0.15, -0.1) is 11.3 Å². The predicted octanol–water partition coefficient (Wildman–Crippen LogP) is 2.94. The van der Waals surface area contributed by atoms with Gasteiger partial charge in [-0.25, -0.2) is 0 Å². The summed E-state index contributed by atoms with van der Waals surface area (Å²) in [5, 5.41) is 10.2. The summed E-state index contributed by atoms with van der Waals surface area (Å²) in [6.07, 6.45) is 7.25. The molecule has 0 saturated heterocycles. The first-order valence-corrected chi connectivity index (χ1v) is 11.2. The van der Waals surface area contributed by atoms with E-state index in [1.165, 1.54) is 37.8 Å². The lowest BCUT2D eigenvalue weighted by Gasteiger charge is -2.33. The highest BCUT2D eigenvalue weighted by atomic mass is 32.2. The van der Waals surface area contributed by atoms with E-state index in [0.717, 1.165) is 24.3 Å². The van der Waals surface area contributed by atoms with E-state index in [1.807, 2.05) is 30.1 Å². The molecule has 1 aromatic rings. The molecule has 3 atom stereocenters. The lowest BCUT2D eigenvalue weighted by molar-refractivity contribution is 0.192. The van der Waals surface area contributed by atoms with Crippen LogP contribution in [-0.2, 0) is 13.0 Å². The molecule has 0 spiro atoms. The number of rotatable bonds is 5. The van der Waals surface area contributed by atoms with Gasteiger partial charge in [0.05, 0.1) is 0 Å². The Kier molecular flexibility index (Phi) is 6.47. The van der Waals surface area contributed by atoms with Gasteiger partial charge in [-0.3, -0.25) is 9.89 Å². The second-order valence-electron chi connectivity index (χ2n) is 6.90. The van der Waals surface area contributed by atoms with Crippen molar-refractivity contribution >= 4 is 29.1 Å². The van der Waals surface area contributed by atoms with Crippen molar-refractivity contribution < 1.29 is 0 Å². The molecule has 0 amide bonds. The zero-order valence-corrected chi connectivity index (χ0v) is 16.7. The van der Waals surface area contributed by atoms with E-state index < -0.39 is 0 Å². The van der Waals surface area contributed by atoms with Crippen molar-refractivity contribution in [3.05, 3.63) is 21.9 Å². The molecule has 0 bridgehead atoms. The first-order chi connectivity index (χ1) is 11.7. The van der Waals surface area contributed by atoms with Crippen LogP contribution in [0.2, 0.25) is 0 Å². The highest BCUT2D eigenvalue weighted by Crippen LogP contribution is 2.28. The molecule has 4 nitrogen and oxygen atoms in total. The monoisotopic (exact) mass is 366 g/mol. The van der Waals surface area contributed by atoms with E-state index >= 15 is 0 Å². The third-order valence-corrected chi connectivity index (χ3v) is 7.43. The fraction of sp³-hybridized carbons (Fsp3) is 0.722. The normalized spacial score (nSPS) is 26.2. The maximum Gasteiger partial charge on any atom is 0.191 e. The molecule has 1 aliphatic heterocycles. The van der Waals surface area contributed by atoms with Gasteiger partial charge in [0.2, 0.25) is 0 Å². The maximum absolute atomic E-state index is 4.42. The van der Waals surface area contributed by atoms with Crippen LogP contribution in [0.1, 0.15) is 36.6 Å². The van der Waals surface area contributed by atoms with Crippen LogP contribution in [0.15, 0.2) is 16.4 Å². The number of nitrogens with zero attached hydrogens (tertiary/aromatic N) is 2. The van der Waals surface area contributed by atoms with Crippen molar-refractivity contribution in [2.24, 2.45) is 4.99 Å². The third kappa shape index (κ3) is 4.46. The van der Waals surface area contributed by atoms with Crippen LogP contribution in [-0.4, -0.2) is 54.6 Å². The standard InChI is InChI=1S/C18H30N4S2/c1-13(22-8-6-17-14(12-22)7-9-24-17)11-20-18(19-2)21-15-4-5-16(10-15)23-3/h7,9,13,15-16H,4-6,8,10-12H2,1-3H3,(H2,19,20,21). The third-order valence-electron chi connectivity index (χ3n) is 5.31. The van der Waals surface area contributed by atoms with Gasteiger partial charge >= 0.3 is 0 Å². The zero-order chi connectivity index (χ0) is 16.9. The predicted molar refractivity (Wildman–Crippen MR) is 107 cm³/mol. The van der Waals surface area contributed by atoms with E-state index in [9.17, 15) is 0 Å². The summed E-state index contributed by atoms with van der Waals surface area (Å²) in [5.41, 5.74) is 1.52. The van der Waals surface area contributed by atoms with Crippen LogP contribution in [0, 0.1) is 0 Å². The largest absolute Gasteiger partial charge is 0.355 e. The minimum Gasteiger partial charge on any atom is -0.355 e. The first-order valence-electron chi connectivity index (χ1n) is 8.99. The minimum atomic E-state index is 0.513. The van der Waals surface area contributed by atoms with E-state index in [1.54, 1.807) is 4.88 Å². The second-order valence-corrected chi connectivity index (χ2v) is 9.04. The van der Waals surface area contributed by atoms with Gasteiger partial charge in [-0.2, -0.15) is 11.8 Å². The zero-order valence-electron chi connectivity index (χ0n) is 15.0.